The highest BCUT2D eigenvalue weighted by atomic mass is 15.2. The predicted octanol–water partition coefficient (Wildman–Crippen LogP) is 4.32. The molecule has 0 radical (unpaired) electrons. The molecular formula is C22H29N3. The number of guanidine groups is 1. The van der Waals surface area contributed by atoms with Crippen LogP contribution in [0.1, 0.15) is 49.1 Å². The maximum absolute atomic E-state index is 4.68. The van der Waals surface area contributed by atoms with Gasteiger partial charge in [0.25, 0.3) is 0 Å². The molecule has 0 saturated carbocycles. The van der Waals surface area contributed by atoms with E-state index in [0.717, 1.165) is 32.0 Å². The Labute approximate surface area is 151 Å². The number of nitrogens with zero attached hydrogens (tertiary/aromatic N) is 1. The van der Waals surface area contributed by atoms with Gasteiger partial charge in [0, 0.05) is 25.6 Å². The summed E-state index contributed by atoms with van der Waals surface area (Å²) in [7, 11) is 0. The van der Waals surface area contributed by atoms with E-state index < -0.39 is 0 Å². The molecule has 1 aliphatic heterocycles. The van der Waals surface area contributed by atoms with E-state index in [1.165, 1.54) is 36.8 Å². The smallest absolute Gasteiger partial charge is 0.191 e. The van der Waals surface area contributed by atoms with Crippen LogP contribution in [0.3, 0.4) is 0 Å². The van der Waals surface area contributed by atoms with Crippen LogP contribution in [0.15, 0.2) is 65.7 Å². The van der Waals surface area contributed by atoms with Crippen LogP contribution in [0, 0.1) is 0 Å². The van der Waals surface area contributed by atoms with Crippen LogP contribution in [-0.4, -0.2) is 25.6 Å². The lowest BCUT2D eigenvalue weighted by molar-refractivity contribution is 0.646. The summed E-state index contributed by atoms with van der Waals surface area (Å²) in [5, 5.41) is 6.98. The molecule has 0 spiro atoms. The molecule has 0 amide bonds. The Morgan fingerprint density at radius 2 is 1.48 bits per heavy atom. The second-order valence-electron chi connectivity index (χ2n) is 6.66. The first kappa shape index (κ1) is 17.5. The lowest BCUT2D eigenvalue weighted by atomic mass is 9.88. The Morgan fingerprint density at radius 1 is 0.840 bits per heavy atom. The average molecular weight is 335 g/mol. The predicted molar refractivity (Wildman–Crippen MR) is 106 cm³/mol. The van der Waals surface area contributed by atoms with Crippen molar-refractivity contribution in [1.29, 1.82) is 0 Å². The van der Waals surface area contributed by atoms with Crippen LogP contribution in [0.5, 0.6) is 0 Å². The zero-order valence-electron chi connectivity index (χ0n) is 15.0. The van der Waals surface area contributed by atoms with Gasteiger partial charge in [-0.05, 0) is 30.4 Å². The zero-order valence-corrected chi connectivity index (χ0v) is 15.0. The zero-order chi connectivity index (χ0) is 17.2. The summed E-state index contributed by atoms with van der Waals surface area (Å²) in [6, 6.07) is 21.6. The maximum Gasteiger partial charge on any atom is 0.191 e. The van der Waals surface area contributed by atoms with Crippen molar-refractivity contribution in [2.24, 2.45) is 4.99 Å². The van der Waals surface area contributed by atoms with Gasteiger partial charge in [-0.3, -0.25) is 4.99 Å². The second kappa shape index (κ2) is 9.87. The van der Waals surface area contributed by atoms with Crippen molar-refractivity contribution in [3.63, 3.8) is 0 Å². The van der Waals surface area contributed by atoms with E-state index in [2.05, 4.69) is 76.3 Å². The van der Waals surface area contributed by atoms with Gasteiger partial charge in [-0.25, -0.2) is 0 Å². The summed E-state index contributed by atoms with van der Waals surface area (Å²) >= 11 is 0. The minimum absolute atomic E-state index is 0.409. The Hall–Kier alpha value is -2.29. The third kappa shape index (κ3) is 5.63. The van der Waals surface area contributed by atoms with Crippen LogP contribution in [0.2, 0.25) is 0 Å². The van der Waals surface area contributed by atoms with E-state index in [1.54, 1.807) is 0 Å². The molecule has 0 aromatic heterocycles. The molecule has 3 nitrogen and oxygen atoms in total. The molecule has 2 N–H and O–H groups in total. The monoisotopic (exact) mass is 335 g/mol. The summed E-state index contributed by atoms with van der Waals surface area (Å²) in [6.07, 6.45) is 6.08. The molecule has 1 heterocycles. The van der Waals surface area contributed by atoms with Crippen molar-refractivity contribution in [2.75, 3.05) is 19.6 Å². The third-order valence-electron chi connectivity index (χ3n) is 4.78. The molecule has 3 rings (SSSR count). The topological polar surface area (TPSA) is 36.4 Å². The van der Waals surface area contributed by atoms with Crippen LogP contribution in [0.4, 0.5) is 0 Å². The van der Waals surface area contributed by atoms with Crippen molar-refractivity contribution in [3.8, 4) is 0 Å². The molecule has 25 heavy (non-hydrogen) atoms. The van der Waals surface area contributed by atoms with Crippen LogP contribution in [-0.2, 0) is 0 Å². The summed E-state index contributed by atoms with van der Waals surface area (Å²) in [6.45, 7) is 2.86. The first-order valence-corrected chi connectivity index (χ1v) is 9.55. The first-order valence-electron chi connectivity index (χ1n) is 9.55. The van der Waals surface area contributed by atoms with E-state index >= 15 is 0 Å². The molecular weight excluding hydrogens is 306 g/mol. The minimum Gasteiger partial charge on any atom is -0.356 e. The Balaban J connectivity index is 1.63. The van der Waals surface area contributed by atoms with Gasteiger partial charge in [0.1, 0.15) is 0 Å². The fourth-order valence-electron chi connectivity index (χ4n) is 3.39. The number of rotatable bonds is 5. The van der Waals surface area contributed by atoms with E-state index in [-0.39, 0.29) is 0 Å². The van der Waals surface area contributed by atoms with Gasteiger partial charge in [0.15, 0.2) is 5.96 Å². The van der Waals surface area contributed by atoms with Gasteiger partial charge in [0.2, 0.25) is 0 Å². The molecule has 2 aromatic rings. The average Bonchev–Trinajstić information content (AvgIpc) is 2.81. The highest BCUT2D eigenvalue weighted by Gasteiger charge is 2.13. The van der Waals surface area contributed by atoms with E-state index in [9.17, 15) is 0 Å². The normalized spacial score (nSPS) is 15.5. The molecule has 0 bridgehead atoms. The van der Waals surface area contributed by atoms with Crippen LogP contribution < -0.4 is 10.6 Å². The number of hydrogen-bond acceptors (Lipinski definition) is 3. The summed E-state index contributed by atoms with van der Waals surface area (Å²) in [5.41, 5.74) is 2.75. The summed E-state index contributed by atoms with van der Waals surface area (Å²) < 4.78 is 0. The minimum atomic E-state index is 0.409. The largest absolute Gasteiger partial charge is 0.356 e. The molecule has 2 aromatic carbocycles. The van der Waals surface area contributed by atoms with Crippen LogP contribution >= 0.6 is 0 Å². The highest BCUT2D eigenvalue weighted by molar-refractivity contribution is 5.79. The van der Waals surface area contributed by atoms with Gasteiger partial charge in [-0.15, -0.1) is 0 Å². The van der Waals surface area contributed by atoms with Gasteiger partial charge in [-0.1, -0.05) is 73.5 Å². The van der Waals surface area contributed by atoms with Crippen molar-refractivity contribution in [2.45, 2.75) is 38.0 Å². The Kier molecular flexibility index (Phi) is 6.92. The van der Waals surface area contributed by atoms with Crippen molar-refractivity contribution in [1.82, 2.24) is 10.6 Å². The van der Waals surface area contributed by atoms with Gasteiger partial charge >= 0.3 is 0 Å². The summed E-state index contributed by atoms with van der Waals surface area (Å²) in [5.74, 6) is 1.38. The molecule has 3 heteroatoms. The number of benzene rings is 2. The van der Waals surface area contributed by atoms with Crippen molar-refractivity contribution < 1.29 is 0 Å². The fourth-order valence-corrected chi connectivity index (χ4v) is 3.39. The second-order valence-corrected chi connectivity index (χ2v) is 6.66. The summed E-state index contributed by atoms with van der Waals surface area (Å²) in [4.78, 5) is 4.68. The fraction of sp³-hybridized carbons (Fsp3) is 0.409. The van der Waals surface area contributed by atoms with Gasteiger partial charge in [-0.2, -0.15) is 0 Å². The molecule has 0 fully saturated rings. The van der Waals surface area contributed by atoms with Gasteiger partial charge in [0.05, 0.1) is 0 Å². The number of hydrogen-bond donors (Lipinski definition) is 2. The number of aliphatic imine (C=N–C) groups is 1. The lowest BCUT2D eigenvalue weighted by Crippen LogP contribution is -2.38. The standard InChI is InChI=1S/C22H29N3/c1-2-10-17-24-22(23-16-9-1)25-18-15-21(19-11-5-3-6-12-19)20-13-7-4-8-14-20/h3-8,11-14,21H,1-2,9-10,15-18H2,(H2,23,24,25). The van der Waals surface area contributed by atoms with Crippen LogP contribution in [0.25, 0.3) is 0 Å². The Bertz CT molecular complexity index is 597. The molecule has 1 aliphatic rings. The van der Waals surface area contributed by atoms with E-state index in [1.807, 2.05) is 0 Å². The lowest BCUT2D eigenvalue weighted by Gasteiger charge is -2.19. The quantitative estimate of drug-likeness (QED) is 0.854. The molecule has 0 saturated heterocycles. The van der Waals surface area contributed by atoms with Crippen molar-refractivity contribution >= 4 is 5.96 Å². The first-order chi connectivity index (χ1) is 12.4. The Morgan fingerprint density at radius 3 is 2.16 bits per heavy atom. The van der Waals surface area contributed by atoms with Crippen molar-refractivity contribution in [3.05, 3.63) is 71.8 Å². The highest BCUT2D eigenvalue weighted by Crippen LogP contribution is 2.27. The van der Waals surface area contributed by atoms with Gasteiger partial charge < -0.3 is 10.6 Å². The SMILES string of the molecule is c1ccc(C(CCNC2=NCCCCCCN2)c2ccccc2)cc1. The molecule has 132 valence electrons. The molecule has 0 aliphatic carbocycles. The molecule has 0 unspecified atom stereocenters. The third-order valence-corrected chi connectivity index (χ3v) is 4.78. The maximum atomic E-state index is 4.68. The van der Waals surface area contributed by atoms with E-state index in [4.69, 9.17) is 0 Å². The van der Waals surface area contributed by atoms with E-state index in [0.29, 0.717) is 5.92 Å². The number of nitrogens with one attached hydrogen (secondary N) is 2. The molecule has 0 atom stereocenters.